The van der Waals surface area contributed by atoms with Gasteiger partial charge in [0.2, 0.25) is 0 Å². The normalized spacial score (nSPS) is 15.6. The molecule has 0 atom stereocenters. The van der Waals surface area contributed by atoms with Crippen LogP contribution < -0.4 is 0 Å². The molecule has 2 aromatic rings. The summed E-state index contributed by atoms with van der Waals surface area (Å²) in [4.78, 5) is 26.9. The van der Waals surface area contributed by atoms with Gasteiger partial charge in [0.25, 0.3) is 5.91 Å². The number of ether oxygens (including phenoxy) is 1. The highest BCUT2D eigenvalue weighted by molar-refractivity contribution is 6.16. The highest BCUT2D eigenvalue weighted by Gasteiger charge is 2.36. The first-order valence-electron chi connectivity index (χ1n) is 8.67. The SMILES string of the molecule is COC(=O)C1=C(C)N(CCc2ccccc2)C(=O)/C1=C\c1cccc(O)c1. The van der Waals surface area contributed by atoms with Gasteiger partial charge in [0.1, 0.15) is 5.75 Å². The van der Waals surface area contributed by atoms with Gasteiger partial charge in [0.05, 0.1) is 18.3 Å². The second-order valence-electron chi connectivity index (χ2n) is 6.30. The number of hydrogen-bond acceptors (Lipinski definition) is 4. The van der Waals surface area contributed by atoms with Crippen LogP contribution in [0.3, 0.4) is 0 Å². The molecule has 0 aromatic heterocycles. The van der Waals surface area contributed by atoms with Gasteiger partial charge in [0, 0.05) is 12.2 Å². The Morgan fingerprint density at radius 3 is 2.56 bits per heavy atom. The maximum atomic E-state index is 13.0. The largest absolute Gasteiger partial charge is 0.508 e. The summed E-state index contributed by atoms with van der Waals surface area (Å²) in [5.41, 5.74) is 2.87. The first kappa shape index (κ1) is 18.5. The van der Waals surface area contributed by atoms with Gasteiger partial charge in [-0.1, -0.05) is 42.5 Å². The van der Waals surface area contributed by atoms with Crippen LogP contribution in [0.2, 0.25) is 0 Å². The molecule has 0 radical (unpaired) electrons. The molecule has 138 valence electrons. The Hall–Kier alpha value is -3.34. The van der Waals surface area contributed by atoms with E-state index in [4.69, 9.17) is 4.74 Å². The summed E-state index contributed by atoms with van der Waals surface area (Å²) in [6, 6.07) is 16.4. The Kier molecular flexibility index (Phi) is 5.41. The fraction of sp³-hybridized carbons (Fsp3) is 0.182. The molecule has 0 saturated carbocycles. The lowest BCUT2D eigenvalue weighted by Gasteiger charge is -2.17. The molecule has 1 heterocycles. The maximum absolute atomic E-state index is 13.0. The number of methoxy groups -OCH3 is 1. The summed E-state index contributed by atoms with van der Waals surface area (Å²) in [7, 11) is 1.30. The van der Waals surface area contributed by atoms with Crippen LogP contribution in [-0.4, -0.2) is 35.5 Å². The molecule has 0 fully saturated rings. The topological polar surface area (TPSA) is 66.8 Å². The number of phenolic OH excluding ortho intramolecular Hbond substituents is 1. The fourth-order valence-electron chi connectivity index (χ4n) is 3.16. The van der Waals surface area contributed by atoms with E-state index in [1.54, 1.807) is 36.1 Å². The molecular weight excluding hydrogens is 342 g/mol. The number of hydrogen-bond donors (Lipinski definition) is 1. The van der Waals surface area contributed by atoms with Gasteiger partial charge in [-0.3, -0.25) is 4.79 Å². The van der Waals surface area contributed by atoms with E-state index in [1.165, 1.54) is 13.2 Å². The molecule has 0 aliphatic carbocycles. The van der Waals surface area contributed by atoms with Crippen LogP contribution in [0.15, 0.2) is 71.4 Å². The van der Waals surface area contributed by atoms with Gasteiger partial charge >= 0.3 is 5.97 Å². The summed E-state index contributed by atoms with van der Waals surface area (Å²) in [5.74, 6) is -0.697. The summed E-state index contributed by atoms with van der Waals surface area (Å²) in [6.07, 6.45) is 2.29. The molecule has 2 aromatic carbocycles. The van der Waals surface area contributed by atoms with Crippen molar-refractivity contribution in [1.29, 1.82) is 0 Å². The Morgan fingerprint density at radius 1 is 1.15 bits per heavy atom. The molecule has 27 heavy (non-hydrogen) atoms. The van der Waals surface area contributed by atoms with E-state index in [1.807, 2.05) is 30.3 Å². The van der Waals surface area contributed by atoms with Crippen molar-refractivity contribution in [2.45, 2.75) is 13.3 Å². The smallest absolute Gasteiger partial charge is 0.340 e. The summed E-state index contributed by atoms with van der Waals surface area (Å²) >= 11 is 0. The number of carbonyl (C=O) groups excluding carboxylic acids is 2. The van der Waals surface area contributed by atoms with E-state index in [0.29, 0.717) is 24.2 Å². The van der Waals surface area contributed by atoms with Crippen LogP contribution in [0.1, 0.15) is 18.1 Å². The monoisotopic (exact) mass is 363 g/mol. The highest BCUT2D eigenvalue weighted by atomic mass is 16.5. The van der Waals surface area contributed by atoms with Crippen molar-refractivity contribution in [3.63, 3.8) is 0 Å². The first-order chi connectivity index (χ1) is 13.0. The van der Waals surface area contributed by atoms with Crippen molar-refractivity contribution >= 4 is 18.0 Å². The molecule has 1 N–H and O–H groups in total. The van der Waals surface area contributed by atoms with E-state index in [2.05, 4.69) is 0 Å². The maximum Gasteiger partial charge on any atom is 0.340 e. The summed E-state index contributed by atoms with van der Waals surface area (Å²) in [5, 5.41) is 9.66. The number of allylic oxidation sites excluding steroid dienone is 1. The van der Waals surface area contributed by atoms with E-state index in [9.17, 15) is 14.7 Å². The third kappa shape index (κ3) is 3.92. The van der Waals surface area contributed by atoms with Gasteiger partial charge in [0.15, 0.2) is 0 Å². The zero-order valence-electron chi connectivity index (χ0n) is 15.3. The Morgan fingerprint density at radius 2 is 1.89 bits per heavy atom. The molecule has 1 aliphatic heterocycles. The Balaban J connectivity index is 1.94. The number of esters is 1. The first-order valence-corrected chi connectivity index (χ1v) is 8.67. The Bertz CT molecular complexity index is 928. The van der Waals surface area contributed by atoms with Crippen molar-refractivity contribution < 1.29 is 19.4 Å². The van der Waals surface area contributed by atoms with Gasteiger partial charge in [-0.25, -0.2) is 4.79 Å². The second-order valence-corrected chi connectivity index (χ2v) is 6.30. The van der Waals surface area contributed by atoms with Crippen LogP contribution in [0.25, 0.3) is 6.08 Å². The molecular formula is C22H21NO4. The lowest BCUT2D eigenvalue weighted by atomic mass is 10.0. The standard InChI is InChI=1S/C22H21NO4/c1-15-20(22(26)27-2)19(14-17-9-6-10-18(24)13-17)21(25)23(15)12-11-16-7-4-3-5-8-16/h3-10,13-14,24H,11-12H2,1-2H3/b19-14-. The zero-order valence-corrected chi connectivity index (χ0v) is 15.3. The average Bonchev–Trinajstić information content (AvgIpc) is 2.90. The quantitative estimate of drug-likeness (QED) is 0.654. The number of rotatable bonds is 5. The van der Waals surface area contributed by atoms with Crippen LogP contribution in [0, 0.1) is 0 Å². The minimum Gasteiger partial charge on any atom is -0.508 e. The number of nitrogens with zero attached hydrogens (tertiary/aromatic N) is 1. The van der Waals surface area contributed by atoms with Crippen molar-refractivity contribution in [1.82, 2.24) is 4.90 Å². The van der Waals surface area contributed by atoms with E-state index in [-0.39, 0.29) is 22.8 Å². The minimum atomic E-state index is -0.547. The van der Waals surface area contributed by atoms with Gasteiger partial charge in [-0.2, -0.15) is 0 Å². The number of amides is 1. The van der Waals surface area contributed by atoms with E-state index in [0.717, 1.165) is 5.56 Å². The van der Waals surface area contributed by atoms with Crippen LogP contribution in [-0.2, 0) is 20.7 Å². The molecule has 0 unspecified atom stereocenters. The van der Waals surface area contributed by atoms with Crippen LogP contribution >= 0.6 is 0 Å². The molecule has 0 saturated heterocycles. The van der Waals surface area contributed by atoms with Crippen molar-refractivity contribution in [2.75, 3.05) is 13.7 Å². The summed E-state index contributed by atoms with van der Waals surface area (Å²) in [6.45, 7) is 2.21. The summed E-state index contributed by atoms with van der Waals surface area (Å²) < 4.78 is 4.89. The third-order valence-electron chi connectivity index (χ3n) is 4.55. The Labute approximate surface area is 158 Å². The number of benzene rings is 2. The number of aromatic hydroxyl groups is 1. The molecule has 0 spiro atoms. The van der Waals surface area contributed by atoms with Crippen molar-refractivity contribution in [3.8, 4) is 5.75 Å². The van der Waals surface area contributed by atoms with Crippen LogP contribution in [0.5, 0.6) is 5.75 Å². The van der Waals surface area contributed by atoms with E-state index < -0.39 is 5.97 Å². The molecule has 3 rings (SSSR count). The lowest BCUT2D eigenvalue weighted by Crippen LogP contribution is -2.27. The molecule has 5 heteroatoms. The third-order valence-corrected chi connectivity index (χ3v) is 4.55. The van der Waals surface area contributed by atoms with E-state index >= 15 is 0 Å². The zero-order chi connectivity index (χ0) is 19.4. The number of carbonyl (C=O) groups is 2. The minimum absolute atomic E-state index is 0.0936. The van der Waals surface area contributed by atoms with Crippen molar-refractivity contribution in [2.24, 2.45) is 0 Å². The second kappa shape index (κ2) is 7.91. The molecule has 1 amide bonds. The van der Waals surface area contributed by atoms with Gasteiger partial charge < -0.3 is 14.7 Å². The number of phenols is 1. The van der Waals surface area contributed by atoms with Crippen molar-refractivity contribution in [3.05, 3.63) is 82.6 Å². The fourth-order valence-corrected chi connectivity index (χ4v) is 3.16. The lowest BCUT2D eigenvalue weighted by molar-refractivity contribution is -0.136. The van der Waals surface area contributed by atoms with Crippen LogP contribution in [0.4, 0.5) is 0 Å². The average molecular weight is 363 g/mol. The molecule has 5 nitrogen and oxygen atoms in total. The highest BCUT2D eigenvalue weighted by Crippen LogP contribution is 2.32. The predicted molar refractivity (Wildman–Crippen MR) is 103 cm³/mol. The molecule has 1 aliphatic rings. The predicted octanol–water partition coefficient (Wildman–Crippen LogP) is 3.31. The van der Waals surface area contributed by atoms with Gasteiger partial charge in [-0.15, -0.1) is 0 Å². The molecule has 0 bridgehead atoms. The van der Waals surface area contributed by atoms with Gasteiger partial charge in [-0.05, 0) is 42.7 Å².